The molecule has 0 amide bonds. The maximum atomic E-state index is 5.97. The van der Waals surface area contributed by atoms with Crippen molar-refractivity contribution in [1.82, 2.24) is 5.32 Å². The predicted molar refractivity (Wildman–Crippen MR) is 79.7 cm³/mol. The smallest absolute Gasteiger partial charge is 0.119 e. The van der Waals surface area contributed by atoms with E-state index in [0.29, 0.717) is 0 Å². The number of halogens is 1. The molecule has 100 valence electrons. The van der Waals surface area contributed by atoms with Crippen molar-refractivity contribution < 1.29 is 4.74 Å². The van der Waals surface area contributed by atoms with E-state index in [4.69, 9.17) is 16.3 Å². The third kappa shape index (κ3) is 3.98. The average molecular weight is 276 g/mol. The van der Waals surface area contributed by atoms with Crippen LogP contribution in [0.25, 0.3) is 0 Å². The van der Waals surface area contributed by atoms with Crippen LogP contribution in [-0.2, 0) is 6.54 Å². The van der Waals surface area contributed by atoms with Crippen LogP contribution in [0.15, 0.2) is 48.5 Å². The van der Waals surface area contributed by atoms with Crippen molar-refractivity contribution in [2.75, 3.05) is 7.11 Å². The topological polar surface area (TPSA) is 21.3 Å². The zero-order valence-corrected chi connectivity index (χ0v) is 11.9. The Bertz CT molecular complexity index is 542. The fraction of sp³-hybridized carbons (Fsp3) is 0.250. The SMILES string of the molecule is COc1cccc(C(C)NCc2cccc(Cl)c2)c1. The molecule has 0 aliphatic rings. The van der Waals surface area contributed by atoms with E-state index in [1.807, 2.05) is 30.3 Å². The Kier molecular flexibility index (Phi) is 4.83. The summed E-state index contributed by atoms with van der Waals surface area (Å²) in [5.74, 6) is 0.883. The normalized spacial score (nSPS) is 12.2. The second-order valence-corrected chi connectivity index (χ2v) is 4.95. The van der Waals surface area contributed by atoms with Crippen LogP contribution in [0.5, 0.6) is 5.75 Å². The van der Waals surface area contributed by atoms with Gasteiger partial charge >= 0.3 is 0 Å². The summed E-state index contributed by atoms with van der Waals surface area (Å²) >= 11 is 5.97. The molecule has 0 spiro atoms. The largest absolute Gasteiger partial charge is 0.497 e. The van der Waals surface area contributed by atoms with Gasteiger partial charge in [-0.05, 0) is 42.3 Å². The molecule has 2 rings (SSSR count). The highest BCUT2D eigenvalue weighted by molar-refractivity contribution is 6.30. The summed E-state index contributed by atoms with van der Waals surface area (Å²) in [7, 11) is 1.68. The Hall–Kier alpha value is -1.51. The van der Waals surface area contributed by atoms with Crippen LogP contribution in [0.2, 0.25) is 5.02 Å². The molecule has 19 heavy (non-hydrogen) atoms. The molecule has 0 radical (unpaired) electrons. The van der Waals surface area contributed by atoms with Crippen LogP contribution in [0.3, 0.4) is 0 Å². The maximum absolute atomic E-state index is 5.97. The molecule has 0 saturated heterocycles. The van der Waals surface area contributed by atoms with Gasteiger partial charge in [0.05, 0.1) is 7.11 Å². The first-order chi connectivity index (χ1) is 9.19. The second kappa shape index (κ2) is 6.60. The summed E-state index contributed by atoms with van der Waals surface area (Å²) in [4.78, 5) is 0. The Morgan fingerprint density at radius 1 is 1.16 bits per heavy atom. The van der Waals surface area contributed by atoms with Crippen LogP contribution in [0.1, 0.15) is 24.1 Å². The Labute approximate surface area is 119 Å². The lowest BCUT2D eigenvalue weighted by Crippen LogP contribution is -2.18. The van der Waals surface area contributed by atoms with Gasteiger partial charge in [-0.15, -0.1) is 0 Å². The van der Waals surface area contributed by atoms with E-state index in [-0.39, 0.29) is 6.04 Å². The minimum Gasteiger partial charge on any atom is -0.497 e. The van der Waals surface area contributed by atoms with Gasteiger partial charge in [0.25, 0.3) is 0 Å². The van der Waals surface area contributed by atoms with Crippen LogP contribution >= 0.6 is 11.6 Å². The van der Waals surface area contributed by atoms with Crippen molar-refractivity contribution >= 4 is 11.6 Å². The van der Waals surface area contributed by atoms with E-state index < -0.39 is 0 Å². The summed E-state index contributed by atoms with van der Waals surface area (Å²) < 4.78 is 5.24. The van der Waals surface area contributed by atoms with Gasteiger partial charge in [0.2, 0.25) is 0 Å². The predicted octanol–water partition coefficient (Wildman–Crippen LogP) is 4.20. The molecule has 2 nitrogen and oxygen atoms in total. The van der Waals surface area contributed by atoms with E-state index in [1.165, 1.54) is 11.1 Å². The molecule has 0 aliphatic heterocycles. The van der Waals surface area contributed by atoms with Crippen molar-refractivity contribution in [2.24, 2.45) is 0 Å². The summed E-state index contributed by atoms with van der Waals surface area (Å²) in [6, 6.07) is 16.3. The molecule has 0 bridgehead atoms. The number of hydrogen-bond donors (Lipinski definition) is 1. The highest BCUT2D eigenvalue weighted by Crippen LogP contribution is 2.19. The van der Waals surface area contributed by atoms with Gasteiger partial charge in [0.15, 0.2) is 0 Å². The Balaban J connectivity index is 1.99. The summed E-state index contributed by atoms with van der Waals surface area (Å²) in [6.07, 6.45) is 0. The van der Waals surface area contributed by atoms with Gasteiger partial charge in [0.1, 0.15) is 5.75 Å². The zero-order chi connectivity index (χ0) is 13.7. The molecule has 0 saturated carbocycles. The number of hydrogen-bond acceptors (Lipinski definition) is 2. The molecular weight excluding hydrogens is 258 g/mol. The lowest BCUT2D eigenvalue weighted by molar-refractivity contribution is 0.413. The molecule has 1 unspecified atom stereocenters. The minimum atomic E-state index is 0.258. The van der Waals surface area contributed by atoms with Crippen LogP contribution < -0.4 is 10.1 Å². The highest BCUT2D eigenvalue weighted by atomic mass is 35.5. The molecule has 1 N–H and O–H groups in total. The quantitative estimate of drug-likeness (QED) is 0.883. The molecular formula is C16H18ClNO. The van der Waals surface area contributed by atoms with Gasteiger partial charge in [-0.1, -0.05) is 35.9 Å². The molecule has 2 aromatic rings. The first-order valence-electron chi connectivity index (χ1n) is 6.31. The highest BCUT2D eigenvalue weighted by Gasteiger charge is 2.06. The third-order valence-corrected chi connectivity index (χ3v) is 3.33. The van der Waals surface area contributed by atoms with Gasteiger partial charge in [-0.3, -0.25) is 0 Å². The minimum absolute atomic E-state index is 0.258. The van der Waals surface area contributed by atoms with Crippen LogP contribution in [0.4, 0.5) is 0 Å². The van der Waals surface area contributed by atoms with E-state index in [0.717, 1.165) is 17.3 Å². The van der Waals surface area contributed by atoms with E-state index in [1.54, 1.807) is 7.11 Å². The van der Waals surface area contributed by atoms with E-state index in [9.17, 15) is 0 Å². The number of benzene rings is 2. The molecule has 0 aliphatic carbocycles. The summed E-state index contributed by atoms with van der Waals surface area (Å²) in [5, 5.41) is 4.25. The van der Waals surface area contributed by atoms with E-state index >= 15 is 0 Å². The fourth-order valence-corrected chi connectivity index (χ4v) is 2.16. The van der Waals surface area contributed by atoms with Gasteiger partial charge in [-0.25, -0.2) is 0 Å². The third-order valence-electron chi connectivity index (χ3n) is 3.10. The molecule has 2 aromatic carbocycles. The van der Waals surface area contributed by atoms with Crippen LogP contribution in [0, 0.1) is 0 Å². The van der Waals surface area contributed by atoms with Crippen molar-refractivity contribution in [3.8, 4) is 5.75 Å². The van der Waals surface area contributed by atoms with Crippen LogP contribution in [-0.4, -0.2) is 7.11 Å². The average Bonchev–Trinajstić information content (AvgIpc) is 2.45. The van der Waals surface area contributed by atoms with Crippen molar-refractivity contribution in [1.29, 1.82) is 0 Å². The molecule has 0 heterocycles. The second-order valence-electron chi connectivity index (χ2n) is 4.51. The number of rotatable bonds is 5. The van der Waals surface area contributed by atoms with Gasteiger partial charge in [0, 0.05) is 17.6 Å². The first kappa shape index (κ1) is 13.9. The fourth-order valence-electron chi connectivity index (χ4n) is 1.95. The van der Waals surface area contributed by atoms with Gasteiger partial charge in [-0.2, -0.15) is 0 Å². The maximum Gasteiger partial charge on any atom is 0.119 e. The lowest BCUT2D eigenvalue weighted by atomic mass is 10.1. The van der Waals surface area contributed by atoms with Crippen molar-refractivity contribution in [3.63, 3.8) is 0 Å². The first-order valence-corrected chi connectivity index (χ1v) is 6.68. The molecule has 3 heteroatoms. The van der Waals surface area contributed by atoms with E-state index in [2.05, 4.69) is 30.4 Å². The summed E-state index contributed by atoms with van der Waals surface area (Å²) in [6.45, 7) is 2.93. The standard InChI is InChI=1S/C16H18ClNO/c1-12(14-6-4-8-16(10-14)19-2)18-11-13-5-3-7-15(17)9-13/h3-10,12,18H,11H2,1-2H3. The molecule has 1 atom stereocenters. The zero-order valence-electron chi connectivity index (χ0n) is 11.2. The number of methoxy groups -OCH3 is 1. The molecule has 0 fully saturated rings. The number of ether oxygens (including phenoxy) is 1. The van der Waals surface area contributed by atoms with Gasteiger partial charge < -0.3 is 10.1 Å². The Morgan fingerprint density at radius 3 is 2.68 bits per heavy atom. The lowest BCUT2D eigenvalue weighted by Gasteiger charge is -2.15. The van der Waals surface area contributed by atoms with Crippen molar-refractivity contribution in [2.45, 2.75) is 19.5 Å². The van der Waals surface area contributed by atoms with Crippen molar-refractivity contribution in [3.05, 3.63) is 64.7 Å². The summed E-state index contributed by atoms with van der Waals surface area (Å²) in [5.41, 5.74) is 2.39. The monoisotopic (exact) mass is 275 g/mol. The molecule has 0 aromatic heterocycles. The number of nitrogens with one attached hydrogen (secondary N) is 1. The Morgan fingerprint density at radius 2 is 1.95 bits per heavy atom.